The zero-order valence-corrected chi connectivity index (χ0v) is 17.9. The van der Waals surface area contributed by atoms with Crippen LogP contribution in [0.2, 0.25) is 0 Å². The van der Waals surface area contributed by atoms with Gasteiger partial charge in [-0.25, -0.2) is 10.4 Å². The molecule has 3 aromatic rings. The molecule has 0 bridgehead atoms. The van der Waals surface area contributed by atoms with E-state index in [1.165, 1.54) is 18.3 Å². The van der Waals surface area contributed by atoms with Crippen molar-refractivity contribution in [2.75, 3.05) is 6.61 Å². The van der Waals surface area contributed by atoms with Crippen LogP contribution in [0.3, 0.4) is 0 Å². The first-order chi connectivity index (χ1) is 15.0. The molecular formula is C21H17BrN4O5. The Morgan fingerprint density at radius 1 is 1.23 bits per heavy atom. The minimum Gasteiger partial charge on any atom is -0.490 e. The average Bonchev–Trinajstić information content (AvgIpc) is 2.76. The van der Waals surface area contributed by atoms with E-state index < -0.39 is 4.92 Å². The van der Waals surface area contributed by atoms with Crippen LogP contribution in [0, 0.1) is 10.1 Å². The van der Waals surface area contributed by atoms with E-state index >= 15 is 0 Å². The van der Waals surface area contributed by atoms with Crippen molar-refractivity contribution in [1.29, 1.82) is 0 Å². The van der Waals surface area contributed by atoms with Crippen LogP contribution in [-0.4, -0.2) is 28.6 Å². The summed E-state index contributed by atoms with van der Waals surface area (Å²) < 4.78 is 12.1. The summed E-state index contributed by atoms with van der Waals surface area (Å²) in [7, 11) is 0. The van der Waals surface area contributed by atoms with Crippen LogP contribution in [0.15, 0.2) is 70.4 Å². The van der Waals surface area contributed by atoms with Gasteiger partial charge in [0.15, 0.2) is 11.5 Å². The number of amides is 1. The number of pyridine rings is 1. The zero-order valence-electron chi connectivity index (χ0n) is 16.3. The van der Waals surface area contributed by atoms with E-state index in [9.17, 15) is 14.9 Å². The second-order valence-electron chi connectivity index (χ2n) is 6.06. The molecule has 0 radical (unpaired) electrons. The molecule has 0 saturated heterocycles. The molecule has 158 valence electrons. The molecule has 0 spiro atoms. The van der Waals surface area contributed by atoms with E-state index in [-0.39, 0.29) is 17.5 Å². The van der Waals surface area contributed by atoms with Crippen molar-refractivity contribution in [2.24, 2.45) is 5.10 Å². The SMILES string of the molecule is CCOc1cc(/C=N/NC(=O)c2cccc(Br)c2)ccc1Oc1ccc([N+](=O)[O-])cn1. The maximum atomic E-state index is 12.1. The van der Waals surface area contributed by atoms with Gasteiger partial charge >= 0.3 is 0 Å². The predicted octanol–water partition coefficient (Wildman–Crippen LogP) is 4.71. The molecule has 9 nitrogen and oxygen atoms in total. The average molecular weight is 485 g/mol. The van der Waals surface area contributed by atoms with E-state index in [4.69, 9.17) is 9.47 Å². The van der Waals surface area contributed by atoms with Gasteiger partial charge in [-0.1, -0.05) is 22.0 Å². The number of hydrogen-bond donors (Lipinski definition) is 1. The fraction of sp³-hybridized carbons (Fsp3) is 0.0952. The first-order valence-corrected chi connectivity index (χ1v) is 9.89. The van der Waals surface area contributed by atoms with Gasteiger partial charge in [0.1, 0.15) is 6.20 Å². The molecule has 0 unspecified atom stereocenters. The Labute approximate surface area is 186 Å². The van der Waals surface area contributed by atoms with E-state index in [0.29, 0.717) is 29.2 Å². The second kappa shape index (κ2) is 10.3. The van der Waals surface area contributed by atoms with E-state index in [1.54, 1.807) is 36.4 Å². The number of hydrazone groups is 1. The van der Waals surface area contributed by atoms with Crippen LogP contribution >= 0.6 is 15.9 Å². The van der Waals surface area contributed by atoms with Crippen LogP contribution in [0.1, 0.15) is 22.8 Å². The zero-order chi connectivity index (χ0) is 22.2. The van der Waals surface area contributed by atoms with Crippen molar-refractivity contribution in [2.45, 2.75) is 6.92 Å². The molecule has 0 aliphatic carbocycles. The summed E-state index contributed by atoms with van der Waals surface area (Å²) in [5.74, 6) is 0.671. The Balaban J connectivity index is 1.71. The molecule has 2 aromatic carbocycles. The predicted molar refractivity (Wildman–Crippen MR) is 118 cm³/mol. The van der Waals surface area contributed by atoms with Crippen LogP contribution in [0.5, 0.6) is 17.4 Å². The Morgan fingerprint density at radius 3 is 2.74 bits per heavy atom. The lowest BCUT2D eigenvalue weighted by atomic mass is 10.2. The number of halogens is 1. The van der Waals surface area contributed by atoms with Crippen LogP contribution < -0.4 is 14.9 Å². The molecular weight excluding hydrogens is 468 g/mol. The second-order valence-corrected chi connectivity index (χ2v) is 6.98. The summed E-state index contributed by atoms with van der Waals surface area (Å²) in [4.78, 5) is 26.3. The van der Waals surface area contributed by atoms with Gasteiger partial charge in [-0.05, 0) is 48.9 Å². The number of hydrogen-bond acceptors (Lipinski definition) is 7. The largest absolute Gasteiger partial charge is 0.490 e. The number of nitrogens with zero attached hydrogens (tertiary/aromatic N) is 3. The lowest BCUT2D eigenvalue weighted by Crippen LogP contribution is -2.17. The number of carbonyl (C=O) groups is 1. The van der Waals surface area contributed by atoms with Crippen LogP contribution in [-0.2, 0) is 0 Å². The van der Waals surface area contributed by atoms with Gasteiger partial charge in [0, 0.05) is 22.2 Å². The molecule has 10 heteroatoms. The molecule has 3 rings (SSSR count). The minimum absolute atomic E-state index is 0.131. The molecule has 1 heterocycles. The molecule has 0 saturated carbocycles. The molecule has 0 aliphatic rings. The van der Waals surface area contributed by atoms with Crippen molar-refractivity contribution >= 4 is 33.7 Å². The maximum absolute atomic E-state index is 12.1. The van der Waals surface area contributed by atoms with Gasteiger partial charge in [-0.3, -0.25) is 14.9 Å². The molecule has 0 fully saturated rings. The molecule has 0 aliphatic heterocycles. The topological polar surface area (TPSA) is 116 Å². The summed E-state index contributed by atoms with van der Waals surface area (Å²) in [6.45, 7) is 2.22. The highest BCUT2D eigenvalue weighted by molar-refractivity contribution is 9.10. The third-order valence-electron chi connectivity index (χ3n) is 3.88. The highest BCUT2D eigenvalue weighted by atomic mass is 79.9. The monoisotopic (exact) mass is 484 g/mol. The van der Waals surface area contributed by atoms with Gasteiger partial charge in [-0.2, -0.15) is 5.10 Å². The normalized spacial score (nSPS) is 10.6. The lowest BCUT2D eigenvalue weighted by Gasteiger charge is -2.11. The van der Waals surface area contributed by atoms with Crippen molar-refractivity contribution < 1.29 is 19.2 Å². The van der Waals surface area contributed by atoms with Crippen molar-refractivity contribution in [3.63, 3.8) is 0 Å². The number of rotatable bonds is 8. The Hall–Kier alpha value is -3.79. The molecule has 1 amide bonds. The summed E-state index contributed by atoms with van der Waals surface area (Å²) in [5, 5.41) is 14.7. The number of nitrogens with one attached hydrogen (secondary N) is 1. The quantitative estimate of drug-likeness (QED) is 0.281. The molecule has 0 atom stereocenters. The standard InChI is InChI=1S/C21H17BrN4O5/c1-2-30-19-10-14(12-24-25-21(27)15-4-3-5-16(22)11-15)6-8-18(19)31-20-9-7-17(13-23-20)26(28)29/h3-13H,2H2,1H3,(H,25,27)/b24-12+. The number of benzene rings is 2. The highest BCUT2D eigenvalue weighted by Crippen LogP contribution is 2.32. The summed E-state index contributed by atoms with van der Waals surface area (Å²) in [6.07, 6.45) is 2.59. The van der Waals surface area contributed by atoms with Crippen molar-refractivity contribution in [3.8, 4) is 17.4 Å². The van der Waals surface area contributed by atoms with Gasteiger partial charge < -0.3 is 9.47 Å². The lowest BCUT2D eigenvalue weighted by molar-refractivity contribution is -0.385. The van der Waals surface area contributed by atoms with Crippen molar-refractivity contribution in [3.05, 3.63) is 86.5 Å². The maximum Gasteiger partial charge on any atom is 0.287 e. The van der Waals surface area contributed by atoms with Gasteiger partial charge in [0.05, 0.1) is 17.7 Å². The Bertz CT molecular complexity index is 1120. The molecule has 31 heavy (non-hydrogen) atoms. The third-order valence-corrected chi connectivity index (χ3v) is 4.37. The van der Waals surface area contributed by atoms with Gasteiger partial charge in [0.2, 0.25) is 5.88 Å². The minimum atomic E-state index is -0.536. The fourth-order valence-corrected chi connectivity index (χ4v) is 2.87. The molecule has 1 N–H and O–H groups in total. The van der Waals surface area contributed by atoms with Crippen LogP contribution in [0.25, 0.3) is 0 Å². The number of carbonyl (C=O) groups excluding carboxylic acids is 1. The fourth-order valence-electron chi connectivity index (χ4n) is 2.47. The summed E-state index contributed by atoms with van der Waals surface area (Å²) in [5.41, 5.74) is 3.48. The molecule has 1 aromatic heterocycles. The third kappa shape index (κ3) is 6.09. The smallest absolute Gasteiger partial charge is 0.287 e. The Kier molecular flexibility index (Phi) is 7.28. The summed E-state index contributed by atoms with van der Waals surface area (Å²) >= 11 is 3.32. The van der Waals surface area contributed by atoms with Gasteiger partial charge in [-0.15, -0.1) is 0 Å². The number of nitro groups is 1. The number of aromatic nitrogens is 1. The highest BCUT2D eigenvalue weighted by Gasteiger charge is 2.11. The van der Waals surface area contributed by atoms with Gasteiger partial charge in [0.25, 0.3) is 11.6 Å². The number of ether oxygens (including phenoxy) is 2. The van der Waals surface area contributed by atoms with Crippen LogP contribution in [0.4, 0.5) is 5.69 Å². The first kappa shape index (κ1) is 21.9. The Morgan fingerprint density at radius 2 is 2.06 bits per heavy atom. The van der Waals surface area contributed by atoms with E-state index in [2.05, 4.69) is 31.4 Å². The van der Waals surface area contributed by atoms with E-state index in [1.807, 2.05) is 13.0 Å². The first-order valence-electron chi connectivity index (χ1n) is 9.10. The van der Waals surface area contributed by atoms with Crippen molar-refractivity contribution in [1.82, 2.24) is 10.4 Å². The van der Waals surface area contributed by atoms with E-state index in [0.717, 1.165) is 10.7 Å². The summed E-state index contributed by atoms with van der Waals surface area (Å²) in [6, 6.07) is 14.7.